The molecule has 2 aromatic rings. The number of ether oxygens (including phenoxy) is 1. The van der Waals surface area contributed by atoms with Crippen molar-refractivity contribution in [2.75, 3.05) is 13.7 Å². The minimum atomic E-state index is -0.910. The number of para-hydroxylation sites is 1. The molecule has 0 aliphatic carbocycles. The van der Waals surface area contributed by atoms with Crippen molar-refractivity contribution >= 4 is 16.9 Å². The number of carboxylic acid groups (broad SMARTS) is 1. The van der Waals surface area contributed by atoms with Crippen LogP contribution in [0, 0.1) is 0 Å². The van der Waals surface area contributed by atoms with Gasteiger partial charge in [-0.15, -0.1) is 0 Å². The number of fused-ring (bicyclic) bond motifs is 1. The largest absolute Gasteiger partial charge is 0.477 e. The molecule has 0 fully saturated rings. The molecule has 16 heavy (non-hydrogen) atoms. The molecule has 1 heterocycles. The number of rotatable bonds is 4. The molecule has 0 saturated carbocycles. The molecule has 4 nitrogen and oxygen atoms in total. The minimum Gasteiger partial charge on any atom is -0.477 e. The maximum Gasteiger partial charge on any atom is 0.352 e. The van der Waals surface area contributed by atoms with E-state index < -0.39 is 5.97 Å². The van der Waals surface area contributed by atoms with Crippen LogP contribution in [-0.4, -0.2) is 29.4 Å². The van der Waals surface area contributed by atoms with Gasteiger partial charge in [-0.2, -0.15) is 0 Å². The zero-order valence-electron chi connectivity index (χ0n) is 9.01. The van der Waals surface area contributed by atoms with Crippen molar-refractivity contribution in [3.8, 4) is 0 Å². The Morgan fingerprint density at radius 2 is 2.19 bits per heavy atom. The second-order valence-electron chi connectivity index (χ2n) is 3.54. The van der Waals surface area contributed by atoms with Crippen LogP contribution in [0.15, 0.2) is 30.3 Å². The van der Waals surface area contributed by atoms with Gasteiger partial charge in [0.15, 0.2) is 0 Å². The molecule has 0 aliphatic rings. The van der Waals surface area contributed by atoms with Crippen LogP contribution in [-0.2, 0) is 11.3 Å². The first-order chi connectivity index (χ1) is 7.74. The lowest BCUT2D eigenvalue weighted by molar-refractivity contribution is 0.0683. The molecule has 1 aromatic heterocycles. The lowest BCUT2D eigenvalue weighted by Crippen LogP contribution is -2.11. The molecular formula is C12H13NO3. The number of carboxylic acids is 1. The van der Waals surface area contributed by atoms with Gasteiger partial charge in [-0.3, -0.25) is 0 Å². The topological polar surface area (TPSA) is 51.5 Å². The summed E-state index contributed by atoms with van der Waals surface area (Å²) < 4.78 is 6.75. The first-order valence-corrected chi connectivity index (χ1v) is 5.04. The van der Waals surface area contributed by atoms with E-state index in [0.29, 0.717) is 18.8 Å². The number of benzene rings is 1. The predicted octanol–water partition coefficient (Wildman–Crippen LogP) is 1.99. The van der Waals surface area contributed by atoms with Gasteiger partial charge < -0.3 is 14.4 Å². The minimum absolute atomic E-state index is 0.304. The quantitative estimate of drug-likeness (QED) is 0.855. The third-order valence-electron chi connectivity index (χ3n) is 2.55. The summed E-state index contributed by atoms with van der Waals surface area (Å²) in [6, 6.07) is 9.31. The summed E-state index contributed by atoms with van der Waals surface area (Å²) in [6.07, 6.45) is 0. The van der Waals surface area contributed by atoms with Gasteiger partial charge in [0, 0.05) is 24.6 Å². The van der Waals surface area contributed by atoms with E-state index in [0.717, 1.165) is 10.9 Å². The summed E-state index contributed by atoms with van der Waals surface area (Å²) in [4.78, 5) is 11.1. The first kappa shape index (κ1) is 10.7. The van der Waals surface area contributed by atoms with Crippen LogP contribution in [0.5, 0.6) is 0 Å². The highest BCUT2D eigenvalue weighted by Crippen LogP contribution is 2.19. The third kappa shape index (κ3) is 1.79. The lowest BCUT2D eigenvalue weighted by atomic mass is 10.2. The lowest BCUT2D eigenvalue weighted by Gasteiger charge is -2.06. The fraction of sp³-hybridized carbons (Fsp3) is 0.250. The van der Waals surface area contributed by atoms with Gasteiger partial charge in [0.25, 0.3) is 0 Å². The molecule has 0 spiro atoms. The maximum absolute atomic E-state index is 11.1. The standard InChI is InChI=1S/C12H13NO3/c1-16-7-6-13-10-5-3-2-4-9(10)8-11(13)12(14)15/h2-5,8H,6-7H2,1H3,(H,14,15). The van der Waals surface area contributed by atoms with Gasteiger partial charge >= 0.3 is 5.97 Å². The number of hydrogen-bond acceptors (Lipinski definition) is 2. The highest BCUT2D eigenvalue weighted by atomic mass is 16.5. The normalized spacial score (nSPS) is 10.8. The molecule has 2 rings (SSSR count). The highest BCUT2D eigenvalue weighted by Gasteiger charge is 2.13. The van der Waals surface area contributed by atoms with E-state index in [1.165, 1.54) is 0 Å². The summed E-state index contributed by atoms with van der Waals surface area (Å²) in [7, 11) is 1.60. The molecule has 0 atom stereocenters. The molecule has 0 aliphatic heterocycles. The van der Waals surface area contributed by atoms with Gasteiger partial charge in [-0.1, -0.05) is 18.2 Å². The monoisotopic (exact) mass is 219 g/mol. The van der Waals surface area contributed by atoms with Crippen LogP contribution in [0.25, 0.3) is 10.9 Å². The fourth-order valence-corrected chi connectivity index (χ4v) is 1.81. The Hall–Kier alpha value is -1.81. The molecule has 4 heteroatoms. The summed E-state index contributed by atoms with van der Waals surface area (Å²) >= 11 is 0. The number of carbonyl (C=O) groups is 1. The van der Waals surface area contributed by atoms with Crippen molar-refractivity contribution in [1.82, 2.24) is 4.57 Å². The third-order valence-corrected chi connectivity index (χ3v) is 2.55. The molecule has 1 N–H and O–H groups in total. The average molecular weight is 219 g/mol. The molecule has 84 valence electrons. The van der Waals surface area contributed by atoms with Crippen LogP contribution in [0.2, 0.25) is 0 Å². The van der Waals surface area contributed by atoms with E-state index in [2.05, 4.69) is 0 Å². The Balaban J connectivity index is 2.55. The van der Waals surface area contributed by atoms with Crippen molar-refractivity contribution in [2.45, 2.75) is 6.54 Å². The first-order valence-electron chi connectivity index (χ1n) is 5.04. The van der Waals surface area contributed by atoms with E-state index in [4.69, 9.17) is 9.84 Å². The molecule has 1 aromatic carbocycles. The SMILES string of the molecule is COCCn1c(C(=O)O)cc2ccccc21. The molecule has 0 saturated heterocycles. The average Bonchev–Trinajstić information content (AvgIpc) is 2.65. The Kier molecular flexibility index (Phi) is 2.92. The van der Waals surface area contributed by atoms with Crippen molar-refractivity contribution in [1.29, 1.82) is 0 Å². The van der Waals surface area contributed by atoms with Crippen molar-refractivity contribution in [3.63, 3.8) is 0 Å². The highest BCUT2D eigenvalue weighted by molar-refractivity contribution is 5.94. The number of aromatic carboxylic acids is 1. The Morgan fingerprint density at radius 3 is 2.88 bits per heavy atom. The van der Waals surface area contributed by atoms with Crippen LogP contribution in [0.3, 0.4) is 0 Å². The van der Waals surface area contributed by atoms with Crippen LogP contribution >= 0.6 is 0 Å². The van der Waals surface area contributed by atoms with Crippen molar-refractivity contribution < 1.29 is 14.6 Å². The van der Waals surface area contributed by atoms with E-state index >= 15 is 0 Å². The maximum atomic E-state index is 11.1. The van der Waals surface area contributed by atoms with E-state index in [1.807, 2.05) is 24.3 Å². The smallest absolute Gasteiger partial charge is 0.352 e. The van der Waals surface area contributed by atoms with Crippen molar-refractivity contribution in [3.05, 3.63) is 36.0 Å². The van der Waals surface area contributed by atoms with Crippen LogP contribution in [0.1, 0.15) is 10.5 Å². The number of hydrogen-bond donors (Lipinski definition) is 1. The number of aromatic nitrogens is 1. The molecular weight excluding hydrogens is 206 g/mol. The molecule has 0 bridgehead atoms. The van der Waals surface area contributed by atoms with E-state index in [-0.39, 0.29) is 0 Å². The number of nitrogens with zero attached hydrogens (tertiary/aromatic N) is 1. The summed E-state index contributed by atoms with van der Waals surface area (Å²) in [5, 5.41) is 10.0. The van der Waals surface area contributed by atoms with Gasteiger partial charge in [0.05, 0.1) is 6.61 Å². The Morgan fingerprint density at radius 1 is 1.44 bits per heavy atom. The van der Waals surface area contributed by atoms with Crippen LogP contribution in [0.4, 0.5) is 0 Å². The molecule has 0 radical (unpaired) electrons. The Labute approximate surface area is 93.1 Å². The second-order valence-corrected chi connectivity index (χ2v) is 3.54. The predicted molar refractivity (Wildman–Crippen MR) is 60.8 cm³/mol. The second kappa shape index (κ2) is 4.37. The van der Waals surface area contributed by atoms with Gasteiger partial charge in [-0.25, -0.2) is 4.79 Å². The summed E-state index contributed by atoms with van der Waals surface area (Å²) in [5.74, 6) is -0.910. The van der Waals surface area contributed by atoms with Gasteiger partial charge in [-0.05, 0) is 12.1 Å². The molecule has 0 unspecified atom stereocenters. The molecule has 0 amide bonds. The summed E-state index contributed by atoms with van der Waals surface area (Å²) in [5.41, 5.74) is 1.23. The fourth-order valence-electron chi connectivity index (χ4n) is 1.81. The zero-order chi connectivity index (χ0) is 11.5. The Bertz CT molecular complexity index is 516. The van der Waals surface area contributed by atoms with E-state index in [1.54, 1.807) is 17.7 Å². The van der Waals surface area contributed by atoms with Gasteiger partial charge in [0.2, 0.25) is 0 Å². The van der Waals surface area contributed by atoms with E-state index in [9.17, 15) is 4.79 Å². The zero-order valence-corrected chi connectivity index (χ0v) is 9.01. The van der Waals surface area contributed by atoms with Crippen molar-refractivity contribution in [2.24, 2.45) is 0 Å². The van der Waals surface area contributed by atoms with Crippen LogP contribution < -0.4 is 0 Å². The summed E-state index contributed by atoms with van der Waals surface area (Å²) in [6.45, 7) is 1.05. The van der Waals surface area contributed by atoms with Gasteiger partial charge in [0.1, 0.15) is 5.69 Å². The number of methoxy groups -OCH3 is 1.